The molecule has 2 aliphatic rings. The van der Waals surface area contributed by atoms with Crippen molar-refractivity contribution in [3.63, 3.8) is 0 Å². The first kappa shape index (κ1) is 21.0. The molecule has 1 atom stereocenters. The predicted octanol–water partition coefficient (Wildman–Crippen LogP) is 2.47. The van der Waals surface area contributed by atoms with Crippen molar-refractivity contribution in [1.82, 2.24) is 14.7 Å². The van der Waals surface area contributed by atoms with Crippen LogP contribution in [0.2, 0.25) is 0 Å². The summed E-state index contributed by atoms with van der Waals surface area (Å²) in [5.41, 5.74) is 2.53. The Labute approximate surface area is 181 Å². The van der Waals surface area contributed by atoms with Crippen LogP contribution in [0, 0.1) is 18.7 Å². The summed E-state index contributed by atoms with van der Waals surface area (Å²) in [5.74, 6) is -1.05. The summed E-state index contributed by atoms with van der Waals surface area (Å²) in [5, 5.41) is 0. The number of hydrogen-bond acceptors (Lipinski definition) is 3. The van der Waals surface area contributed by atoms with Crippen LogP contribution in [0.15, 0.2) is 48.5 Å². The van der Waals surface area contributed by atoms with E-state index >= 15 is 0 Å². The Hall–Kier alpha value is -3.22. The van der Waals surface area contributed by atoms with Gasteiger partial charge in [0, 0.05) is 51.3 Å². The zero-order valence-electron chi connectivity index (χ0n) is 17.6. The first-order chi connectivity index (χ1) is 14.9. The van der Waals surface area contributed by atoms with Crippen LogP contribution >= 0.6 is 0 Å². The average molecular weight is 423 g/mol. The number of rotatable bonds is 4. The van der Waals surface area contributed by atoms with E-state index in [1.807, 2.05) is 31.2 Å². The molecular formula is C24H26FN3O3. The number of hydrogen-bond donors (Lipinski definition) is 0. The lowest BCUT2D eigenvalue weighted by Crippen LogP contribution is -2.52. The van der Waals surface area contributed by atoms with Gasteiger partial charge in [0.1, 0.15) is 5.82 Å². The first-order valence-corrected chi connectivity index (χ1v) is 10.6. The van der Waals surface area contributed by atoms with Crippen LogP contribution in [0.25, 0.3) is 0 Å². The minimum atomic E-state index is -0.444. The molecular weight excluding hydrogens is 397 g/mol. The van der Waals surface area contributed by atoms with Crippen LogP contribution < -0.4 is 0 Å². The molecule has 2 aliphatic heterocycles. The summed E-state index contributed by atoms with van der Waals surface area (Å²) >= 11 is 0. The van der Waals surface area contributed by atoms with Crippen molar-refractivity contribution in [1.29, 1.82) is 0 Å². The maximum atomic E-state index is 13.4. The third-order valence-electron chi connectivity index (χ3n) is 6.01. The van der Waals surface area contributed by atoms with E-state index in [4.69, 9.17) is 0 Å². The van der Waals surface area contributed by atoms with Gasteiger partial charge in [0.25, 0.3) is 5.91 Å². The lowest BCUT2D eigenvalue weighted by atomic mass is 10.1. The molecule has 0 bridgehead atoms. The minimum absolute atomic E-state index is 0.00107. The molecule has 0 spiro atoms. The van der Waals surface area contributed by atoms with Gasteiger partial charge in [-0.05, 0) is 30.7 Å². The van der Waals surface area contributed by atoms with E-state index in [2.05, 4.69) is 0 Å². The van der Waals surface area contributed by atoms with Gasteiger partial charge in [0.15, 0.2) is 0 Å². The molecule has 0 aliphatic carbocycles. The molecule has 4 rings (SSSR count). The van der Waals surface area contributed by atoms with Gasteiger partial charge in [-0.1, -0.05) is 35.9 Å². The molecule has 2 aromatic carbocycles. The Morgan fingerprint density at radius 1 is 1.00 bits per heavy atom. The van der Waals surface area contributed by atoms with Crippen molar-refractivity contribution in [2.45, 2.75) is 19.9 Å². The normalized spacial score (nSPS) is 19.1. The highest BCUT2D eigenvalue weighted by Gasteiger charge is 2.37. The van der Waals surface area contributed by atoms with Crippen LogP contribution in [0.3, 0.4) is 0 Å². The Morgan fingerprint density at radius 3 is 2.35 bits per heavy atom. The largest absolute Gasteiger partial charge is 0.339 e. The zero-order chi connectivity index (χ0) is 22.0. The van der Waals surface area contributed by atoms with Crippen LogP contribution in [0.4, 0.5) is 4.39 Å². The number of benzene rings is 2. The smallest absolute Gasteiger partial charge is 0.254 e. The molecule has 0 N–H and O–H groups in total. The second kappa shape index (κ2) is 8.88. The van der Waals surface area contributed by atoms with Crippen LogP contribution in [-0.4, -0.2) is 65.1 Å². The summed E-state index contributed by atoms with van der Waals surface area (Å²) in [4.78, 5) is 43.1. The lowest BCUT2D eigenvalue weighted by Gasteiger charge is -2.36. The SMILES string of the molecule is Cc1ccc(CN2CC(C(=O)N3CCN(C(=O)c4cccc(F)c4)CC3)CC2=O)cc1. The number of piperazine rings is 1. The highest BCUT2D eigenvalue weighted by atomic mass is 19.1. The number of likely N-dealkylation sites (tertiary alicyclic amines) is 1. The fourth-order valence-electron chi connectivity index (χ4n) is 4.20. The Kier molecular flexibility index (Phi) is 6.02. The molecule has 0 aromatic heterocycles. The van der Waals surface area contributed by atoms with Gasteiger partial charge in [-0.25, -0.2) is 4.39 Å². The van der Waals surface area contributed by atoms with Crippen molar-refractivity contribution in [2.75, 3.05) is 32.7 Å². The molecule has 6 nitrogen and oxygen atoms in total. The Morgan fingerprint density at radius 2 is 1.68 bits per heavy atom. The fraction of sp³-hybridized carbons (Fsp3) is 0.375. The summed E-state index contributed by atoms with van der Waals surface area (Å²) in [6.45, 7) is 4.59. The van der Waals surface area contributed by atoms with Gasteiger partial charge in [-0.3, -0.25) is 14.4 Å². The van der Waals surface area contributed by atoms with Crippen molar-refractivity contribution >= 4 is 17.7 Å². The summed E-state index contributed by atoms with van der Waals surface area (Å²) in [6, 6.07) is 13.7. The summed E-state index contributed by atoms with van der Waals surface area (Å²) in [6.07, 6.45) is 0.229. The molecule has 0 radical (unpaired) electrons. The van der Waals surface area contributed by atoms with E-state index in [1.54, 1.807) is 20.8 Å². The number of carbonyl (C=O) groups excluding carboxylic acids is 3. The van der Waals surface area contributed by atoms with Crippen molar-refractivity contribution < 1.29 is 18.8 Å². The standard InChI is InChI=1S/C24H26FN3O3/c1-17-5-7-18(8-6-17)15-28-16-20(14-22(28)29)24(31)27-11-9-26(10-12-27)23(30)19-3-2-4-21(25)13-19/h2-8,13,20H,9-12,14-16H2,1H3. The highest BCUT2D eigenvalue weighted by molar-refractivity contribution is 5.94. The van der Waals surface area contributed by atoms with Gasteiger partial charge in [0.2, 0.25) is 11.8 Å². The average Bonchev–Trinajstić information content (AvgIpc) is 3.14. The molecule has 162 valence electrons. The number of nitrogens with zero attached hydrogens (tertiary/aromatic N) is 3. The van der Waals surface area contributed by atoms with Gasteiger partial charge < -0.3 is 14.7 Å². The number of amides is 3. The van der Waals surface area contributed by atoms with Crippen molar-refractivity contribution in [3.05, 3.63) is 71.0 Å². The van der Waals surface area contributed by atoms with E-state index in [9.17, 15) is 18.8 Å². The van der Waals surface area contributed by atoms with E-state index in [-0.39, 0.29) is 30.1 Å². The Balaban J connectivity index is 1.31. The molecule has 2 heterocycles. The maximum absolute atomic E-state index is 13.4. The van der Waals surface area contributed by atoms with E-state index in [0.29, 0.717) is 44.8 Å². The quantitative estimate of drug-likeness (QED) is 0.759. The highest BCUT2D eigenvalue weighted by Crippen LogP contribution is 2.23. The lowest BCUT2D eigenvalue weighted by molar-refractivity contribution is -0.137. The van der Waals surface area contributed by atoms with E-state index in [1.165, 1.54) is 23.8 Å². The minimum Gasteiger partial charge on any atom is -0.339 e. The molecule has 2 saturated heterocycles. The van der Waals surface area contributed by atoms with Gasteiger partial charge in [0.05, 0.1) is 5.92 Å². The van der Waals surface area contributed by atoms with Crippen LogP contribution in [0.5, 0.6) is 0 Å². The predicted molar refractivity (Wildman–Crippen MR) is 114 cm³/mol. The first-order valence-electron chi connectivity index (χ1n) is 10.6. The number of carbonyl (C=O) groups is 3. The molecule has 7 heteroatoms. The monoisotopic (exact) mass is 423 g/mol. The summed E-state index contributed by atoms with van der Waals surface area (Å²) < 4.78 is 13.4. The molecule has 2 fully saturated rings. The second-order valence-electron chi connectivity index (χ2n) is 8.29. The maximum Gasteiger partial charge on any atom is 0.254 e. The Bertz CT molecular complexity index is 984. The van der Waals surface area contributed by atoms with Crippen LogP contribution in [-0.2, 0) is 16.1 Å². The topological polar surface area (TPSA) is 60.9 Å². The molecule has 2 aromatic rings. The van der Waals surface area contributed by atoms with Crippen LogP contribution in [0.1, 0.15) is 27.9 Å². The van der Waals surface area contributed by atoms with E-state index < -0.39 is 5.82 Å². The number of halogens is 1. The third-order valence-corrected chi connectivity index (χ3v) is 6.01. The van der Waals surface area contributed by atoms with Crippen molar-refractivity contribution in [2.24, 2.45) is 5.92 Å². The van der Waals surface area contributed by atoms with Gasteiger partial charge in [-0.15, -0.1) is 0 Å². The van der Waals surface area contributed by atoms with Gasteiger partial charge >= 0.3 is 0 Å². The molecule has 1 unspecified atom stereocenters. The fourth-order valence-corrected chi connectivity index (χ4v) is 4.20. The molecule has 3 amide bonds. The molecule has 31 heavy (non-hydrogen) atoms. The zero-order valence-corrected chi connectivity index (χ0v) is 17.6. The number of aryl methyl sites for hydroxylation is 1. The molecule has 0 saturated carbocycles. The van der Waals surface area contributed by atoms with Gasteiger partial charge in [-0.2, -0.15) is 0 Å². The third kappa shape index (κ3) is 4.76. The summed E-state index contributed by atoms with van der Waals surface area (Å²) in [7, 11) is 0. The second-order valence-corrected chi connectivity index (χ2v) is 8.29. The van der Waals surface area contributed by atoms with E-state index in [0.717, 1.165) is 5.56 Å². The van der Waals surface area contributed by atoms with Crippen molar-refractivity contribution in [3.8, 4) is 0 Å².